The van der Waals surface area contributed by atoms with Gasteiger partial charge in [0.1, 0.15) is 11.5 Å². The Morgan fingerprint density at radius 1 is 1.15 bits per heavy atom. The van der Waals surface area contributed by atoms with Gasteiger partial charge in [0, 0.05) is 15.4 Å². The molecule has 0 spiro atoms. The predicted octanol–water partition coefficient (Wildman–Crippen LogP) is 5.52. The number of hydrogen-bond acceptors (Lipinski definition) is 2. The Morgan fingerprint density at radius 3 is 2.50 bits per heavy atom. The van der Waals surface area contributed by atoms with Gasteiger partial charge in [-0.3, -0.25) is 4.79 Å². The first-order chi connectivity index (χ1) is 12.1. The second kappa shape index (κ2) is 6.42. The molecule has 0 bridgehead atoms. The number of hydrogen-bond donors (Lipinski definition) is 2. The number of H-pyrrole nitrogens is 1. The van der Waals surface area contributed by atoms with Gasteiger partial charge < -0.3 is 10.3 Å². The van der Waals surface area contributed by atoms with Crippen molar-refractivity contribution in [1.29, 1.82) is 0 Å². The van der Waals surface area contributed by atoms with Crippen LogP contribution in [0.5, 0.6) is 0 Å². The quantitative estimate of drug-likeness (QED) is 0.567. The number of fused-ring (bicyclic) bond motifs is 1. The van der Waals surface area contributed by atoms with Crippen molar-refractivity contribution >= 4 is 38.6 Å². The molecule has 26 heavy (non-hydrogen) atoms. The third-order valence-corrected chi connectivity index (χ3v) is 5.44. The minimum atomic E-state index is -4.43. The van der Waals surface area contributed by atoms with E-state index in [9.17, 15) is 18.0 Å². The van der Waals surface area contributed by atoms with E-state index in [1.165, 1.54) is 12.1 Å². The molecule has 0 aliphatic carbocycles. The zero-order valence-electron chi connectivity index (χ0n) is 14.2. The van der Waals surface area contributed by atoms with Gasteiger partial charge in [-0.2, -0.15) is 13.2 Å². The normalized spacial score (nSPS) is 11.8. The number of anilines is 1. The van der Waals surface area contributed by atoms with Gasteiger partial charge in [-0.15, -0.1) is 0 Å². The van der Waals surface area contributed by atoms with Gasteiger partial charge >= 0.3 is 6.18 Å². The molecule has 2 heterocycles. The summed E-state index contributed by atoms with van der Waals surface area (Å²) in [6, 6.07) is 4.70. The van der Waals surface area contributed by atoms with Gasteiger partial charge in [-0.05, 0) is 72.1 Å². The lowest BCUT2D eigenvalue weighted by Crippen LogP contribution is -2.15. The molecule has 0 aliphatic heterocycles. The fourth-order valence-electron chi connectivity index (χ4n) is 2.64. The van der Waals surface area contributed by atoms with Crippen molar-refractivity contribution in [2.75, 3.05) is 5.32 Å². The summed E-state index contributed by atoms with van der Waals surface area (Å²) in [7, 11) is 0. The number of alkyl halides is 3. The molecule has 0 saturated heterocycles. The maximum Gasteiger partial charge on any atom is 0.416 e. The van der Waals surface area contributed by atoms with Crippen molar-refractivity contribution < 1.29 is 18.0 Å². The van der Waals surface area contributed by atoms with Crippen LogP contribution in [-0.2, 0) is 6.18 Å². The van der Waals surface area contributed by atoms with E-state index in [4.69, 9.17) is 0 Å². The third kappa shape index (κ3) is 3.33. The van der Waals surface area contributed by atoms with Gasteiger partial charge in [0.2, 0.25) is 0 Å². The number of benzene rings is 1. The first-order valence-corrected chi connectivity index (χ1v) is 8.52. The van der Waals surface area contributed by atoms with Crippen LogP contribution in [0, 0.1) is 20.8 Å². The molecule has 4 nitrogen and oxygen atoms in total. The molecule has 1 aromatic carbocycles. The summed E-state index contributed by atoms with van der Waals surface area (Å²) < 4.78 is 39.3. The van der Waals surface area contributed by atoms with Gasteiger partial charge in [0.15, 0.2) is 0 Å². The van der Waals surface area contributed by atoms with Crippen molar-refractivity contribution in [1.82, 2.24) is 9.97 Å². The molecule has 0 radical (unpaired) electrons. The topological polar surface area (TPSA) is 57.8 Å². The summed E-state index contributed by atoms with van der Waals surface area (Å²) in [6.07, 6.45) is -4.43. The first-order valence-electron chi connectivity index (χ1n) is 7.72. The van der Waals surface area contributed by atoms with E-state index < -0.39 is 17.6 Å². The minimum Gasteiger partial charge on any atom is -0.351 e. The van der Waals surface area contributed by atoms with Crippen LogP contribution in [0.25, 0.3) is 10.9 Å². The van der Waals surface area contributed by atoms with E-state index in [1.54, 1.807) is 0 Å². The van der Waals surface area contributed by atoms with Crippen molar-refractivity contribution in [2.45, 2.75) is 26.9 Å². The van der Waals surface area contributed by atoms with Crippen LogP contribution in [-0.4, -0.2) is 15.9 Å². The molecule has 0 unspecified atom stereocenters. The molecular weight excluding hydrogens is 411 g/mol. The molecule has 3 rings (SSSR count). The minimum absolute atomic E-state index is 0.166. The Morgan fingerprint density at radius 2 is 1.85 bits per heavy atom. The lowest BCUT2D eigenvalue weighted by molar-refractivity contribution is -0.137. The van der Waals surface area contributed by atoms with Crippen LogP contribution in [0.3, 0.4) is 0 Å². The summed E-state index contributed by atoms with van der Waals surface area (Å²) in [4.78, 5) is 19.7. The molecular formula is C18H15BrF3N3O. The zero-order chi connectivity index (χ0) is 19.2. The van der Waals surface area contributed by atoms with E-state index in [0.717, 1.165) is 33.4 Å². The fraction of sp³-hybridized carbons (Fsp3) is 0.222. The Hall–Kier alpha value is -2.35. The van der Waals surface area contributed by atoms with Crippen molar-refractivity contribution in [3.8, 4) is 0 Å². The number of pyridine rings is 1. The molecule has 0 atom stereocenters. The SMILES string of the molecule is Cc1nc(NC(=O)c2cc3cc(C(F)(F)F)ccc3[nH]2)c(C)c(C)c1Br. The molecule has 0 saturated carbocycles. The van der Waals surface area contributed by atoms with Crippen molar-refractivity contribution in [3.63, 3.8) is 0 Å². The third-order valence-electron chi connectivity index (χ3n) is 4.27. The number of nitrogens with zero attached hydrogens (tertiary/aromatic N) is 1. The lowest BCUT2D eigenvalue weighted by Gasteiger charge is -2.12. The standard InChI is InChI=1S/C18H15BrF3N3O/c1-8-9(2)16(23-10(3)15(8)19)25-17(26)14-7-11-6-12(18(20,21)22)4-5-13(11)24-14/h4-7,24H,1-3H3,(H,23,25,26). The molecule has 8 heteroatoms. The molecule has 0 fully saturated rings. The Labute approximate surface area is 155 Å². The number of aromatic nitrogens is 2. The van der Waals surface area contributed by atoms with E-state index in [0.29, 0.717) is 16.7 Å². The van der Waals surface area contributed by atoms with Crippen LogP contribution in [0.15, 0.2) is 28.7 Å². The van der Waals surface area contributed by atoms with E-state index >= 15 is 0 Å². The number of halogens is 4. The number of rotatable bonds is 2. The Balaban J connectivity index is 1.94. The monoisotopic (exact) mass is 425 g/mol. The molecule has 2 aromatic heterocycles. The molecule has 1 amide bonds. The lowest BCUT2D eigenvalue weighted by atomic mass is 10.1. The summed E-state index contributed by atoms with van der Waals surface area (Å²) >= 11 is 3.45. The van der Waals surface area contributed by atoms with Crippen molar-refractivity contribution in [2.24, 2.45) is 0 Å². The number of amides is 1. The average Bonchev–Trinajstić information content (AvgIpc) is 3.00. The largest absolute Gasteiger partial charge is 0.416 e. The number of aromatic amines is 1. The number of aryl methyl sites for hydroxylation is 1. The van der Waals surface area contributed by atoms with Crippen molar-refractivity contribution in [3.05, 3.63) is 56.8 Å². The molecule has 0 aliphatic rings. The predicted molar refractivity (Wildman–Crippen MR) is 97.4 cm³/mol. The van der Waals surface area contributed by atoms with Crippen LogP contribution < -0.4 is 5.32 Å². The van der Waals surface area contributed by atoms with Crippen LogP contribution in [0.1, 0.15) is 32.9 Å². The zero-order valence-corrected chi connectivity index (χ0v) is 15.8. The second-order valence-corrected chi connectivity index (χ2v) is 6.84. The second-order valence-electron chi connectivity index (χ2n) is 6.05. The molecule has 2 N–H and O–H groups in total. The summed E-state index contributed by atoms with van der Waals surface area (Å²) in [5, 5.41) is 3.03. The summed E-state index contributed by atoms with van der Waals surface area (Å²) in [6.45, 7) is 5.56. The van der Waals surface area contributed by atoms with Gasteiger partial charge in [-0.25, -0.2) is 4.98 Å². The molecule has 136 valence electrons. The first kappa shape index (κ1) is 18.4. The maximum atomic E-state index is 12.8. The number of nitrogens with one attached hydrogen (secondary N) is 2. The van der Waals surface area contributed by atoms with Crippen LogP contribution in [0.4, 0.5) is 19.0 Å². The van der Waals surface area contributed by atoms with Gasteiger partial charge in [-0.1, -0.05) is 0 Å². The average molecular weight is 426 g/mol. The van der Waals surface area contributed by atoms with Gasteiger partial charge in [0.25, 0.3) is 5.91 Å². The summed E-state index contributed by atoms with van der Waals surface area (Å²) in [5.74, 6) is -0.0469. The smallest absolute Gasteiger partial charge is 0.351 e. The number of carbonyl (C=O) groups excluding carboxylic acids is 1. The fourth-order valence-corrected chi connectivity index (χ4v) is 3.03. The van der Waals surface area contributed by atoms with Gasteiger partial charge in [0.05, 0.1) is 11.3 Å². The highest BCUT2D eigenvalue weighted by Gasteiger charge is 2.30. The van der Waals surface area contributed by atoms with Crippen LogP contribution >= 0.6 is 15.9 Å². The van der Waals surface area contributed by atoms with Crippen LogP contribution in [0.2, 0.25) is 0 Å². The summed E-state index contributed by atoms with van der Waals surface area (Å²) in [5.41, 5.74) is 2.36. The highest BCUT2D eigenvalue weighted by molar-refractivity contribution is 9.10. The Kier molecular flexibility index (Phi) is 4.56. The Bertz CT molecular complexity index is 1020. The van der Waals surface area contributed by atoms with E-state index in [-0.39, 0.29) is 5.69 Å². The number of carbonyl (C=O) groups is 1. The molecule has 3 aromatic rings. The maximum absolute atomic E-state index is 12.8. The highest BCUT2D eigenvalue weighted by Crippen LogP contribution is 2.32. The highest BCUT2D eigenvalue weighted by atomic mass is 79.9. The van der Waals surface area contributed by atoms with E-state index in [1.807, 2.05) is 20.8 Å². The van der Waals surface area contributed by atoms with E-state index in [2.05, 4.69) is 31.2 Å².